The molecule has 0 aliphatic heterocycles. The van der Waals surface area contributed by atoms with Gasteiger partial charge in [-0.15, -0.1) is 0 Å². The van der Waals surface area contributed by atoms with Crippen molar-refractivity contribution in [2.45, 2.75) is 34.2 Å². The Bertz CT molecular complexity index is 602. The molecule has 0 saturated heterocycles. The number of aromatic hydroxyl groups is 1. The van der Waals surface area contributed by atoms with E-state index in [2.05, 4.69) is 42.5 Å². The molecular formula is C16H27N5O. The van der Waals surface area contributed by atoms with E-state index in [-0.39, 0.29) is 6.01 Å². The molecule has 0 spiro atoms. The van der Waals surface area contributed by atoms with Gasteiger partial charge < -0.3 is 14.9 Å². The van der Waals surface area contributed by atoms with E-state index >= 15 is 0 Å². The van der Waals surface area contributed by atoms with Gasteiger partial charge in [-0.05, 0) is 39.1 Å². The Balaban J connectivity index is 2.32. The van der Waals surface area contributed by atoms with Gasteiger partial charge >= 0.3 is 0 Å². The molecule has 1 N–H and O–H groups in total. The van der Waals surface area contributed by atoms with Crippen LogP contribution in [0.5, 0.6) is 6.01 Å². The first-order chi connectivity index (χ1) is 10.6. The third kappa shape index (κ3) is 3.32. The van der Waals surface area contributed by atoms with E-state index in [1.165, 1.54) is 0 Å². The molecule has 0 saturated carbocycles. The first-order valence-corrected chi connectivity index (χ1v) is 8.18. The normalized spacial score (nSPS) is 11.5. The minimum Gasteiger partial charge on any atom is -0.480 e. The standard InChI is InChI=1S/C16H27N5O/c1-5-19(6-2)11-12-21-15-13(17-16(21)22)9-10-14(18-15)20(7-3)8-4/h9-10H,5-8,11-12H2,1-4H3,(H,17,22). The van der Waals surface area contributed by atoms with Crippen molar-refractivity contribution in [2.24, 2.45) is 0 Å². The van der Waals surface area contributed by atoms with Crippen molar-refractivity contribution < 1.29 is 5.11 Å². The maximum Gasteiger partial charge on any atom is 0.296 e. The predicted molar refractivity (Wildman–Crippen MR) is 90.5 cm³/mol. The van der Waals surface area contributed by atoms with Gasteiger partial charge in [-0.2, -0.15) is 4.98 Å². The quantitative estimate of drug-likeness (QED) is 0.811. The zero-order chi connectivity index (χ0) is 16.1. The molecule has 2 heterocycles. The van der Waals surface area contributed by atoms with Crippen molar-refractivity contribution in [3.05, 3.63) is 12.1 Å². The fraction of sp³-hybridized carbons (Fsp3) is 0.625. The largest absolute Gasteiger partial charge is 0.480 e. The molecule has 6 nitrogen and oxygen atoms in total. The zero-order valence-electron chi connectivity index (χ0n) is 14.1. The Morgan fingerprint density at radius 2 is 1.68 bits per heavy atom. The van der Waals surface area contributed by atoms with Crippen molar-refractivity contribution in [2.75, 3.05) is 37.6 Å². The van der Waals surface area contributed by atoms with Crippen LogP contribution in [0.25, 0.3) is 11.2 Å². The number of hydrogen-bond donors (Lipinski definition) is 1. The summed E-state index contributed by atoms with van der Waals surface area (Å²) in [6, 6.07) is 3.95. The molecule has 0 aliphatic rings. The molecule has 0 amide bonds. The Labute approximate surface area is 132 Å². The predicted octanol–water partition coefficient (Wildman–Crippen LogP) is 2.32. The molecule has 0 bridgehead atoms. The molecule has 6 heteroatoms. The number of anilines is 1. The average molecular weight is 305 g/mol. The molecule has 0 radical (unpaired) electrons. The van der Waals surface area contributed by atoms with Crippen molar-refractivity contribution in [1.29, 1.82) is 0 Å². The second kappa shape index (κ2) is 7.45. The van der Waals surface area contributed by atoms with Crippen molar-refractivity contribution in [3.63, 3.8) is 0 Å². The van der Waals surface area contributed by atoms with Gasteiger partial charge in [0.15, 0.2) is 5.65 Å². The second-order valence-corrected chi connectivity index (χ2v) is 5.27. The summed E-state index contributed by atoms with van der Waals surface area (Å²) >= 11 is 0. The average Bonchev–Trinajstić information content (AvgIpc) is 2.85. The lowest BCUT2D eigenvalue weighted by Gasteiger charge is -2.20. The summed E-state index contributed by atoms with van der Waals surface area (Å²) in [5.41, 5.74) is 1.50. The van der Waals surface area contributed by atoms with Crippen LogP contribution in [0.3, 0.4) is 0 Å². The molecular weight excluding hydrogens is 278 g/mol. The summed E-state index contributed by atoms with van der Waals surface area (Å²) in [5.74, 6) is 0.932. The van der Waals surface area contributed by atoms with Gasteiger partial charge in [0.1, 0.15) is 11.3 Å². The van der Waals surface area contributed by atoms with Crippen LogP contribution in [0.4, 0.5) is 5.82 Å². The smallest absolute Gasteiger partial charge is 0.296 e. The molecule has 2 aromatic rings. The second-order valence-electron chi connectivity index (χ2n) is 5.27. The van der Waals surface area contributed by atoms with Crippen LogP contribution in [-0.4, -0.2) is 57.3 Å². The molecule has 2 aromatic heterocycles. The topological polar surface area (TPSA) is 57.4 Å². The molecule has 0 atom stereocenters. The van der Waals surface area contributed by atoms with Gasteiger partial charge in [0, 0.05) is 26.2 Å². The van der Waals surface area contributed by atoms with E-state index in [4.69, 9.17) is 4.98 Å². The van der Waals surface area contributed by atoms with E-state index < -0.39 is 0 Å². The summed E-state index contributed by atoms with van der Waals surface area (Å²) in [5, 5.41) is 10.1. The molecule has 0 fully saturated rings. The van der Waals surface area contributed by atoms with Crippen molar-refractivity contribution >= 4 is 17.0 Å². The van der Waals surface area contributed by atoms with Crippen LogP contribution < -0.4 is 4.90 Å². The number of likely N-dealkylation sites (N-methyl/N-ethyl adjacent to an activating group) is 1. The maximum absolute atomic E-state index is 10.1. The van der Waals surface area contributed by atoms with E-state index in [1.54, 1.807) is 4.57 Å². The first-order valence-electron chi connectivity index (χ1n) is 8.18. The summed E-state index contributed by atoms with van der Waals surface area (Å²) in [6.45, 7) is 13.9. The Morgan fingerprint density at radius 1 is 1.00 bits per heavy atom. The maximum atomic E-state index is 10.1. The minimum absolute atomic E-state index is 0.0475. The van der Waals surface area contributed by atoms with Crippen LogP contribution >= 0.6 is 0 Å². The van der Waals surface area contributed by atoms with Crippen molar-refractivity contribution in [1.82, 2.24) is 19.4 Å². The third-order valence-electron chi connectivity index (χ3n) is 4.18. The van der Waals surface area contributed by atoms with Gasteiger partial charge in [-0.1, -0.05) is 13.8 Å². The highest BCUT2D eigenvalue weighted by atomic mass is 16.3. The fourth-order valence-corrected chi connectivity index (χ4v) is 2.69. The highest BCUT2D eigenvalue weighted by Gasteiger charge is 2.14. The summed E-state index contributed by atoms with van der Waals surface area (Å²) in [4.78, 5) is 13.4. The number of rotatable bonds is 8. The van der Waals surface area contributed by atoms with Crippen LogP contribution in [0.15, 0.2) is 12.1 Å². The number of aromatic nitrogens is 3. The number of hydrogen-bond acceptors (Lipinski definition) is 5. The number of nitrogens with zero attached hydrogens (tertiary/aromatic N) is 5. The number of fused-ring (bicyclic) bond motifs is 1. The molecule has 0 aromatic carbocycles. The van der Waals surface area contributed by atoms with Gasteiger partial charge in [-0.25, -0.2) is 4.98 Å². The van der Waals surface area contributed by atoms with Gasteiger partial charge in [0.2, 0.25) is 0 Å². The minimum atomic E-state index is 0.0475. The first kappa shape index (κ1) is 16.5. The summed E-state index contributed by atoms with van der Waals surface area (Å²) < 4.78 is 1.81. The van der Waals surface area contributed by atoms with E-state index in [0.29, 0.717) is 6.54 Å². The highest BCUT2D eigenvalue weighted by molar-refractivity contribution is 5.74. The van der Waals surface area contributed by atoms with Crippen LogP contribution in [0, 0.1) is 0 Å². The van der Waals surface area contributed by atoms with Crippen LogP contribution in [-0.2, 0) is 6.54 Å². The Hall–Kier alpha value is -1.82. The molecule has 22 heavy (non-hydrogen) atoms. The highest BCUT2D eigenvalue weighted by Crippen LogP contribution is 2.22. The fourth-order valence-electron chi connectivity index (χ4n) is 2.69. The molecule has 122 valence electrons. The van der Waals surface area contributed by atoms with Crippen molar-refractivity contribution in [3.8, 4) is 6.01 Å². The number of pyridine rings is 1. The third-order valence-corrected chi connectivity index (χ3v) is 4.18. The molecule has 0 aliphatic carbocycles. The summed E-state index contributed by atoms with van der Waals surface area (Å²) in [6.07, 6.45) is 0. The lowest BCUT2D eigenvalue weighted by molar-refractivity contribution is 0.283. The number of imidazole rings is 1. The zero-order valence-corrected chi connectivity index (χ0v) is 14.1. The Morgan fingerprint density at radius 3 is 2.27 bits per heavy atom. The Kier molecular flexibility index (Phi) is 5.60. The van der Waals surface area contributed by atoms with Crippen LogP contribution in [0.2, 0.25) is 0 Å². The SMILES string of the molecule is CCN(CC)CCn1c(O)nc2ccc(N(CC)CC)nc21. The monoisotopic (exact) mass is 305 g/mol. The van der Waals surface area contributed by atoms with E-state index in [1.807, 2.05) is 12.1 Å². The lowest BCUT2D eigenvalue weighted by atomic mass is 10.3. The van der Waals surface area contributed by atoms with E-state index in [9.17, 15) is 5.11 Å². The summed E-state index contributed by atoms with van der Waals surface area (Å²) in [7, 11) is 0. The lowest BCUT2D eigenvalue weighted by Crippen LogP contribution is -2.27. The van der Waals surface area contributed by atoms with Crippen LogP contribution in [0.1, 0.15) is 27.7 Å². The molecule has 0 unspecified atom stereocenters. The van der Waals surface area contributed by atoms with Gasteiger partial charge in [0.25, 0.3) is 6.01 Å². The van der Waals surface area contributed by atoms with Gasteiger partial charge in [0.05, 0.1) is 0 Å². The molecule has 2 rings (SSSR count). The van der Waals surface area contributed by atoms with Gasteiger partial charge in [-0.3, -0.25) is 4.57 Å². The van der Waals surface area contributed by atoms with E-state index in [0.717, 1.165) is 49.7 Å².